The molecule has 0 saturated heterocycles. The van der Waals surface area contributed by atoms with Crippen molar-refractivity contribution in [1.82, 2.24) is 15.6 Å². The van der Waals surface area contributed by atoms with E-state index in [1.165, 1.54) is 0 Å². The second-order valence-electron chi connectivity index (χ2n) is 6.35. The second kappa shape index (κ2) is 10.0. The van der Waals surface area contributed by atoms with Crippen molar-refractivity contribution in [3.8, 4) is 0 Å². The van der Waals surface area contributed by atoms with Gasteiger partial charge < -0.3 is 15.1 Å². The van der Waals surface area contributed by atoms with Crippen molar-refractivity contribution in [2.24, 2.45) is 4.99 Å². The molecule has 2 aromatic heterocycles. The molecule has 2 N–H and O–H groups in total. The number of hydrogen-bond acceptors (Lipinski definition) is 4. The zero-order valence-corrected chi connectivity index (χ0v) is 17.9. The maximum atomic E-state index is 5.33. The van der Waals surface area contributed by atoms with Crippen molar-refractivity contribution in [3.05, 3.63) is 40.2 Å². The highest BCUT2D eigenvalue weighted by molar-refractivity contribution is 14.0. The first-order chi connectivity index (χ1) is 11.0. The van der Waals surface area contributed by atoms with E-state index in [2.05, 4.69) is 53.7 Å². The van der Waals surface area contributed by atoms with Crippen molar-refractivity contribution in [3.63, 3.8) is 0 Å². The van der Waals surface area contributed by atoms with Gasteiger partial charge in [0.25, 0.3) is 0 Å². The third kappa shape index (κ3) is 6.80. The van der Waals surface area contributed by atoms with Crippen LogP contribution in [0.3, 0.4) is 0 Å². The standard InChI is InChI=1S/C17H26N4OS.HI/c1-5-18-16(19-9-8-14-7-6-10-22-14)20-11-13-12-23-15(21-13)17(2,3)4;/h6-7,10,12H,5,8-9,11H2,1-4H3,(H2,18,19,20);1H. The predicted octanol–water partition coefficient (Wildman–Crippen LogP) is 3.95. The van der Waals surface area contributed by atoms with Crippen LogP contribution in [-0.4, -0.2) is 24.0 Å². The molecule has 0 saturated carbocycles. The van der Waals surface area contributed by atoms with E-state index < -0.39 is 0 Å². The van der Waals surface area contributed by atoms with Gasteiger partial charge in [-0.05, 0) is 19.1 Å². The van der Waals surface area contributed by atoms with Crippen LogP contribution in [0.1, 0.15) is 44.2 Å². The molecule has 0 bridgehead atoms. The van der Waals surface area contributed by atoms with Crippen LogP contribution in [-0.2, 0) is 18.4 Å². The topological polar surface area (TPSA) is 62.5 Å². The molecular weight excluding hydrogens is 435 g/mol. The summed E-state index contributed by atoms with van der Waals surface area (Å²) < 4.78 is 5.33. The normalized spacial score (nSPS) is 11.9. The van der Waals surface area contributed by atoms with Crippen LogP contribution in [0.4, 0.5) is 0 Å². The van der Waals surface area contributed by atoms with Crippen molar-refractivity contribution in [2.45, 2.75) is 46.1 Å². The zero-order chi connectivity index (χ0) is 16.7. The third-order valence-corrected chi connectivity index (χ3v) is 4.50. The first-order valence-electron chi connectivity index (χ1n) is 7.98. The van der Waals surface area contributed by atoms with Crippen LogP contribution >= 0.6 is 35.3 Å². The quantitative estimate of drug-likeness (QED) is 0.388. The maximum absolute atomic E-state index is 5.33. The lowest BCUT2D eigenvalue weighted by atomic mass is 9.98. The molecule has 7 heteroatoms. The fourth-order valence-corrected chi connectivity index (χ4v) is 2.88. The molecule has 0 radical (unpaired) electrons. The molecule has 2 aromatic rings. The summed E-state index contributed by atoms with van der Waals surface area (Å²) in [5.41, 5.74) is 1.11. The Bertz CT molecular complexity index is 617. The number of nitrogens with zero attached hydrogens (tertiary/aromatic N) is 2. The molecule has 5 nitrogen and oxygen atoms in total. The monoisotopic (exact) mass is 462 g/mol. The number of aliphatic imine (C=N–C) groups is 1. The van der Waals surface area contributed by atoms with E-state index in [1.807, 2.05) is 12.1 Å². The van der Waals surface area contributed by atoms with Crippen LogP contribution in [0.25, 0.3) is 0 Å². The number of guanidine groups is 1. The summed E-state index contributed by atoms with van der Waals surface area (Å²) in [7, 11) is 0. The van der Waals surface area contributed by atoms with Crippen LogP contribution in [0, 0.1) is 0 Å². The van der Waals surface area contributed by atoms with Crippen LogP contribution in [0.2, 0.25) is 0 Å². The van der Waals surface area contributed by atoms with Crippen LogP contribution in [0.15, 0.2) is 33.2 Å². The zero-order valence-electron chi connectivity index (χ0n) is 14.8. The van der Waals surface area contributed by atoms with Gasteiger partial charge in [-0.25, -0.2) is 9.98 Å². The summed E-state index contributed by atoms with van der Waals surface area (Å²) in [5, 5.41) is 9.82. The molecular formula is C17H27IN4OS. The Morgan fingerprint density at radius 1 is 1.33 bits per heavy atom. The molecule has 0 spiro atoms. The Hall–Kier alpha value is -1.09. The minimum absolute atomic E-state index is 0. The molecule has 24 heavy (non-hydrogen) atoms. The summed E-state index contributed by atoms with van der Waals surface area (Å²) in [6.45, 7) is 10.8. The first-order valence-corrected chi connectivity index (χ1v) is 8.86. The Labute approximate surface area is 165 Å². The van der Waals surface area contributed by atoms with Gasteiger partial charge in [0.15, 0.2) is 5.96 Å². The highest BCUT2D eigenvalue weighted by Gasteiger charge is 2.17. The minimum atomic E-state index is 0. The maximum Gasteiger partial charge on any atom is 0.191 e. The SMILES string of the molecule is CCNC(=NCc1csc(C(C)(C)C)n1)NCCc1ccco1.I. The summed E-state index contributed by atoms with van der Waals surface area (Å²) in [6.07, 6.45) is 2.53. The van der Waals surface area contributed by atoms with Gasteiger partial charge in [0.05, 0.1) is 23.5 Å². The van der Waals surface area contributed by atoms with E-state index >= 15 is 0 Å². The number of aromatic nitrogens is 1. The lowest BCUT2D eigenvalue weighted by Crippen LogP contribution is -2.38. The fourth-order valence-electron chi connectivity index (χ4n) is 1.98. The van der Waals surface area contributed by atoms with Gasteiger partial charge in [0.2, 0.25) is 0 Å². The molecule has 0 fully saturated rings. The Kier molecular flexibility index (Phi) is 8.75. The largest absolute Gasteiger partial charge is 0.469 e. The van der Waals surface area contributed by atoms with Crippen molar-refractivity contribution in [1.29, 1.82) is 0 Å². The average Bonchev–Trinajstić information content (AvgIpc) is 3.15. The van der Waals surface area contributed by atoms with Crippen LogP contribution < -0.4 is 10.6 Å². The Balaban J connectivity index is 0.00000288. The molecule has 0 aliphatic carbocycles. The molecule has 0 atom stereocenters. The summed E-state index contributed by atoms with van der Waals surface area (Å²) in [4.78, 5) is 9.28. The molecule has 0 aliphatic heterocycles. The van der Waals surface area contributed by atoms with Crippen LogP contribution in [0.5, 0.6) is 0 Å². The van der Waals surface area contributed by atoms with Gasteiger partial charge in [0, 0.05) is 30.3 Å². The molecule has 2 heterocycles. The summed E-state index contributed by atoms with van der Waals surface area (Å²) in [5.74, 6) is 1.78. The Morgan fingerprint density at radius 3 is 2.71 bits per heavy atom. The lowest BCUT2D eigenvalue weighted by molar-refractivity contribution is 0.507. The number of nitrogens with one attached hydrogen (secondary N) is 2. The minimum Gasteiger partial charge on any atom is -0.469 e. The molecule has 0 aliphatic rings. The fraction of sp³-hybridized carbons (Fsp3) is 0.529. The van der Waals surface area contributed by atoms with E-state index in [1.54, 1.807) is 17.6 Å². The smallest absolute Gasteiger partial charge is 0.191 e. The van der Waals surface area contributed by atoms with Gasteiger partial charge >= 0.3 is 0 Å². The van der Waals surface area contributed by atoms with E-state index in [4.69, 9.17) is 4.42 Å². The van der Waals surface area contributed by atoms with Crippen molar-refractivity contribution < 1.29 is 4.42 Å². The average molecular weight is 462 g/mol. The Morgan fingerprint density at radius 2 is 2.12 bits per heavy atom. The van der Waals surface area contributed by atoms with Gasteiger partial charge in [0.1, 0.15) is 5.76 Å². The number of halogens is 1. The molecule has 2 rings (SSSR count). The number of furan rings is 1. The molecule has 0 amide bonds. The first kappa shape index (κ1) is 21.0. The lowest BCUT2D eigenvalue weighted by Gasteiger charge is -2.13. The van der Waals surface area contributed by atoms with E-state index in [0.29, 0.717) is 6.54 Å². The van der Waals surface area contributed by atoms with Gasteiger partial charge in [-0.2, -0.15) is 0 Å². The van der Waals surface area contributed by atoms with E-state index in [0.717, 1.165) is 41.9 Å². The summed E-state index contributed by atoms with van der Waals surface area (Å²) >= 11 is 1.70. The molecule has 0 unspecified atom stereocenters. The third-order valence-electron chi connectivity index (χ3n) is 3.18. The highest BCUT2D eigenvalue weighted by Crippen LogP contribution is 2.25. The second-order valence-corrected chi connectivity index (χ2v) is 7.20. The van der Waals surface area contributed by atoms with Gasteiger partial charge in [-0.1, -0.05) is 20.8 Å². The van der Waals surface area contributed by atoms with Crippen molar-refractivity contribution >= 4 is 41.3 Å². The number of thiazole rings is 1. The highest BCUT2D eigenvalue weighted by atomic mass is 127. The van der Waals surface area contributed by atoms with Gasteiger partial charge in [-0.15, -0.1) is 35.3 Å². The predicted molar refractivity (Wildman–Crippen MR) is 111 cm³/mol. The van der Waals surface area contributed by atoms with E-state index in [9.17, 15) is 0 Å². The van der Waals surface area contributed by atoms with Crippen molar-refractivity contribution in [2.75, 3.05) is 13.1 Å². The molecule has 0 aromatic carbocycles. The number of rotatable bonds is 6. The number of hydrogen-bond donors (Lipinski definition) is 2. The summed E-state index contributed by atoms with van der Waals surface area (Å²) in [6, 6.07) is 3.89. The molecule has 134 valence electrons. The van der Waals surface area contributed by atoms with Gasteiger partial charge in [-0.3, -0.25) is 0 Å². The van der Waals surface area contributed by atoms with E-state index in [-0.39, 0.29) is 29.4 Å².